The van der Waals surface area contributed by atoms with Gasteiger partial charge >= 0.3 is 0 Å². The molecule has 110 valence electrons. The molecule has 1 heterocycles. The van der Waals surface area contributed by atoms with Crippen molar-refractivity contribution in [3.05, 3.63) is 29.8 Å². The molecule has 0 aliphatic carbocycles. The number of aliphatic hydroxyl groups excluding tert-OH is 1. The summed E-state index contributed by atoms with van der Waals surface area (Å²) < 4.78 is 0. The molecular weight excluding hydrogens is 252 g/mol. The van der Waals surface area contributed by atoms with Crippen LogP contribution in [-0.4, -0.2) is 35.5 Å². The second-order valence-electron chi connectivity index (χ2n) is 5.81. The number of carbonyl (C=O) groups excluding carboxylic acids is 1. The Morgan fingerprint density at radius 2 is 2.15 bits per heavy atom. The van der Waals surface area contributed by atoms with Crippen molar-refractivity contribution < 1.29 is 9.90 Å². The Morgan fingerprint density at radius 1 is 1.45 bits per heavy atom. The molecule has 1 aliphatic heterocycles. The van der Waals surface area contributed by atoms with E-state index in [1.54, 1.807) is 0 Å². The molecule has 1 aromatic carbocycles. The van der Waals surface area contributed by atoms with Gasteiger partial charge in [-0.25, -0.2) is 0 Å². The third-order valence-corrected chi connectivity index (χ3v) is 3.90. The van der Waals surface area contributed by atoms with Gasteiger partial charge in [-0.15, -0.1) is 0 Å². The van der Waals surface area contributed by atoms with Crippen molar-refractivity contribution in [3.8, 4) is 0 Å². The van der Waals surface area contributed by atoms with E-state index in [0.29, 0.717) is 6.54 Å². The first-order valence-corrected chi connectivity index (χ1v) is 7.32. The summed E-state index contributed by atoms with van der Waals surface area (Å²) in [6, 6.07) is 7.45. The molecule has 0 saturated carbocycles. The minimum absolute atomic E-state index is 0.0957. The maximum Gasteiger partial charge on any atom is 0.221 e. The monoisotopic (exact) mass is 276 g/mol. The van der Waals surface area contributed by atoms with Gasteiger partial charge in [0.1, 0.15) is 0 Å². The Kier molecular flexibility index (Phi) is 5.15. The summed E-state index contributed by atoms with van der Waals surface area (Å²) in [6.07, 6.45) is 1.91. The number of piperidine rings is 1. The van der Waals surface area contributed by atoms with E-state index in [1.165, 1.54) is 19.8 Å². The van der Waals surface area contributed by atoms with Crippen molar-refractivity contribution in [2.24, 2.45) is 5.92 Å². The predicted octanol–water partition coefficient (Wildman–Crippen LogP) is 2.41. The Labute approximate surface area is 120 Å². The Morgan fingerprint density at radius 3 is 2.80 bits per heavy atom. The topological polar surface area (TPSA) is 52.6 Å². The molecule has 0 spiro atoms. The summed E-state index contributed by atoms with van der Waals surface area (Å²) in [5.41, 5.74) is 1.59. The maximum atomic E-state index is 11.1. The van der Waals surface area contributed by atoms with E-state index in [2.05, 4.69) is 17.1 Å². The zero-order valence-electron chi connectivity index (χ0n) is 12.3. The van der Waals surface area contributed by atoms with Crippen LogP contribution in [0.5, 0.6) is 0 Å². The van der Waals surface area contributed by atoms with Crippen molar-refractivity contribution in [1.82, 2.24) is 4.90 Å². The Balaban J connectivity index is 1.94. The second-order valence-corrected chi connectivity index (χ2v) is 5.81. The van der Waals surface area contributed by atoms with Gasteiger partial charge in [0.05, 0.1) is 6.10 Å². The highest BCUT2D eigenvalue weighted by atomic mass is 16.3. The third-order valence-electron chi connectivity index (χ3n) is 3.90. The number of β-amino-alcohol motifs (C(OH)–C–C–N with tert-alkyl or cyclic N) is 1. The molecule has 1 fully saturated rings. The zero-order valence-corrected chi connectivity index (χ0v) is 12.3. The zero-order chi connectivity index (χ0) is 14.5. The van der Waals surface area contributed by atoms with Crippen molar-refractivity contribution in [2.75, 3.05) is 25.0 Å². The van der Waals surface area contributed by atoms with Gasteiger partial charge in [-0.05, 0) is 49.5 Å². The van der Waals surface area contributed by atoms with E-state index in [1.807, 2.05) is 24.3 Å². The van der Waals surface area contributed by atoms with E-state index in [0.717, 1.165) is 30.3 Å². The van der Waals surface area contributed by atoms with Crippen molar-refractivity contribution in [3.63, 3.8) is 0 Å². The fraction of sp³-hybridized carbons (Fsp3) is 0.562. The molecule has 1 saturated heterocycles. The number of amides is 1. The lowest BCUT2D eigenvalue weighted by molar-refractivity contribution is -0.114. The average molecular weight is 276 g/mol. The molecule has 4 heteroatoms. The van der Waals surface area contributed by atoms with Gasteiger partial charge in [0, 0.05) is 19.2 Å². The van der Waals surface area contributed by atoms with Gasteiger partial charge in [-0.3, -0.25) is 4.79 Å². The number of hydrogen-bond donors (Lipinski definition) is 2. The third kappa shape index (κ3) is 4.32. The van der Waals surface area contributed by atoms with Crippen LogP contribution < -0.4 is 5.32 Å². The number of anilines is 1. The molecule has 0 radical (unpaired) electrons. The number of carbonyl (C=O) groups is 1. The summed E-state index contributed by atoms with van der Waals surface area (Å²) in [7, 11) is 0. The normalized spacial score (nSPS) is 18.8. The number of nitrogens with one attached hydrogen (secondary N) is 1. The molecule has 1 aliphatic rings. The lowest BCUT2D eigenvalue weighted by atomic mass is 9.98. The van der Waals surface area contributed by atoms with E-state index in [-0.39, 0.29) is 5.91 Å². The van der Waals surface area contributed by atoms with Crippen LogP contribution in [0.4, 0.5) is 5.69 Å². The van der Waals surface area contributed by atoms with E-state index < -0.39 is 6.10 Å². The standard InChI is InChI=1S/C16H24N2O2/c1-12-6-8-18(9-7-12)11-16(20)14-4-3-5-15(10-14)17-13(2)19/h3-5,10,12,16,20H,6-9,11H2,1-2H3,(H,17,19). The van der Waals surface area contributed by atoms with Crippen molar-refractivity contribution in [1.29, 1.82) is 0 Å². The summed E-state index contributed by atoms with van der Waals surface area (Å²) >= 11 is 0. The molecule has 20 heavy (non-hydrogen) atoms. The smallest absolute Gasteiger partial charge is 0.221 e. The first-order chi connectivity index (χ1) is 9.54. The molecule has 2 N–H and O–H groups in total. The molecular formula is C16H24N2O2. The number of nitrogens with zero attached hydrogens (tertiary/aromatic N) is 1. The summed E-state index contributed by atoms with van der Waals surface area (Å²) in [4.78, 5) is 13.4. The highest BCUT2D eigenvalue weighted by Crippen LogP contribution is 2.22. The summed E-state index contributed by atoms with van der Waals surface area (Å²) in [5, 5.41) is 13.1. The number of hydrogen-bond acceptors (Lipinski definition) is 3. The lowest BCUT2D eigenvalue weighted by Crippen LogP contribution is -2.35. The van der Waals surface area contributed by atoms with Gasteiger partial charge in [0.15, 0.2) is 0 Å². The molecule has 1 atom stereocenters. The highest BCUT2D eigenvalue weighted by molar-refractivity contribution is 5.88. The van der Waals surface area contributed by atoms with Crippen LogP contribution in [0.2, 0.25) is 0 Å². The number of benzene rings is 1. The van der Waals surface area contributed by atoms with Crippen LogP contribution in [0.1, 0.15) is 38.4 Å². The molecule has 1 amide bonds. The molecule has 0 aromatic heterocycles. The van der Waals surface area contributed by atoms with E-state index >= 15 is 0 Å². The summed E-state index contributed by atoms with van der Waals surface area (Å²) in [5.74, 6) is 0.702. The molecule has 1 unspecified atom stereocenters. The average Bonchev–Trinajstić information content (AvgIpc) is 2.41. The second kappa shape index (κ2) is 6.86. The summed E-state index contributed by atoms with van der Waals surface area (Å²) in [6.45, 7) is 6.55. The fourth-order valence-corrected chi connectivity index (χ4v) is 2.62. The maximum absolute atomic E-state index is 11.1. The quantitative estimate of drug-likeness (QED) is 0.888. The van der Waals surface area contributed by atoms with Crippen molar-refractivity contribution >= 4 is 11.6 Å². The van der Waals surface area contributed by atoms with Crippen LogP contribution >= 0.6 is 0 Å². The fourth-order valence-electron chi connectivity index (χ4n) is 2.62. The minimum atomic E-state index is -0.503. The predicted molar refractivity (Wildman–Crippen MR) is 80.5 cm³/mol. The number of aliphatic hydroxyl groups is 1. The number of rotatable bonds is 4. The van der Waals surface area contributed by atoms with E-state index in [9.17, 15) is 9.90 Å². The van der Waals surface area contributed by atoms with Crippen LogP contribution in [0.3, 0.4) is 0 Å². The van der Waals surface area contributed by atoms with Crippen LogP contribution in [0, 0.1) is 5.92 Å². The SMILES string of the molecule is CC(=O)Nc1cccc(C(O)CN2CCC(C)CC2)c1. The highest BCUT2D eigenvalue weighted by Gasteiger charge is 2.19. The van der Waals surface area contributed by atoms with Gasteiger partial charge in [-0.1, -0.05) is 19.1 Å². The largest absolute Gasteiger partial charge is 0.387 e. The van der Waals surface area contributed by atoms with Crippen LogP contribution in [0.15, 0.2) is 24.3 Å². The Bertz CT molecular complexity index is 454. The van der Waals surface area contributed by atoms with Crippen molar-refractivity contribution in [2.45, 2.75) is 32.8 Å². The van der Waals surface area contributed by atoms with E-state index in [4.69, 9.17) is 0 Å². The van der Waals surface area contributed by atoms with Crippen LogP contribution in [0.25, 0.3) is 0 Å². The Hall–Kier alpha value is -1.39. The number of likely N-dealkylation sites (tertiary alicyclic amines) is 1. The first-order valence-electron chi connectivity index (χ1n) is 7.32. The van der Waals surface area contributed by atoms with Gasteiger partial charge in [0.25, 0.3) is 0 Å². The molecule has 0 bridgehead atoms. The van der Waals surface area contributed by atoms with Gasteiger partial charge in [0.2, 0.25) is 5.91 Å². The lowest BCUT2D eigenvalue weighted by Gasteiger charge is -2.31. The minimum Gasteiger partial charge on any atom is -0.387 e. The first kappa shape index (κ1) is 15.0. The molecule has 4 nitrogen and oxygen atoms in total. The van der Waals surface area contributed by atoms with Gasteiger partial charge in [-0.2, -0.15) is 0 Å². The molecule has 2 rings (SSSR count). The molecule has 1 aromatic rings. The van der Waals surface area contributed by atoms with Gasteiger partial charge < -0.3 is 15.3 Å². The van der Waals surface area contributed by atoms with Crippen LogP contribution in [-0.2, 0) is 4.79 Å².